The van der Waals surface area contributed by atoms with Gasteiger partial charge in [0.05, 0.1) is 17.4 Å². The lowest BCUT2D eigenvalue weighted by molar-refractivity contribution is 0.102. The van der Waals surface area contributed by atoms with Gasteiger partial charge in [0.1, 0.15) is 12.4 Å². The van der Waals surface area contributed by atoms with Gasteiger partial charge in [-0.3, -0.25) is 9.78 Å². The van der Waals surface area contributed by atoms with Crippen molar-refractivity contribution in [3.05, 3.63) is 54.1 Å². The molecule has 0 saturated carbocycles. The fourth-order valence-electron chi connectivity index (χ4n) is 1.61. The first-order valence-electron chi connectivity index (χ1n) is 6.05. The number of nitrogens with two attached hydrogens (primary N) is 1. The number of ether oxygens (including phenoxy) is 1. The lowest BCUT2D eigenvalue weighted by Crippen LogP contribution is -2.16. The number of carbonyl (C=O) groups is 1. The second-order valence-electron chi connectivity index (χ2n) is 3.94. The van der Waals surface area contributed by atoms with Crippen LogP contribution in [0.25, 0.3) is 0 Å². The van der Waals surface area contributed by atoms with Gasteiger partial charge in [-0.15, -0.1) is 0 Å². The minimum absolute atomic E-state index is 0.0753. The quantitative estimate of drug-likeness (QED) is 0.872. The molecule has 20 heavy (non-hydrogen) atoms. The number of halogens is 1. The molecule has 1 aromatic heterocycles. The number of hydrogen-bond donors (Lipinski definition) is 2. The van der Waals surface area contributed by atoms with Crippen LogP contribution in [0.15, 0.2) is 42.7 Å². The lowest BCUT2D eigenvalue weighted by Gasteiger charge is -2.12. The molecule has 5 nitrogen and oxygen atoms in total. The number of rotatable bonds is 5. The second kappa shape index (κ2) is 6.63. The van der Waals surface area contributed by atoms with E-state index in [0.29, 0.717) is 24.6 Å². The normalized spacial score (nSPS) is 10.1. The Morgan fingerprint density at radius 1 is 1.35 bits per heavy atom. The standard InChI is InChI=1S/C14H14FN3O2/c15-11-9-17-7-5-10(11)14(19)18-12-3-1-2-4-13(12)20-8-6-16/h1-5,7,9H,6,8,16H2,(H,18,19). The van der Waals surface area contributed by atoms with Gasteiger partial charge in [-0.2, -0.15) is 0 Å². The molecule has 0 saturated heterocycles. The third kappa shape index (κ3) is 3.30. The zero-order valence-electron chi connectivity index (χ0n) is 10.7. The summed E-state index contributed by atoms with van der Waals surface area (Å²) in [6, 6.07) is 8.20. The summed E-state index contributed by atoms with van der Waals surface area (Å²) in [6.45, 7) is 0.692. The Balaban J connectivity index is 2.18. The van der Waals surface area contributed by atoms with Crippen molar-refractivity contribution >= 4 is 11.6 Å². The number of aromatic nitrogens is 1. The number of nitrogens with zero attached hydrogens (tertiary/aromatic N) is 1. The molecule has 0 atom stereocenters. The first-order valence-corrected chi connectivity index (χ1v) is 6.05. The van der Waals surface area contributed by atoms with E-state index in [1.165, 1.54) is 12.3 Å². The van der Waals surface area contributed by atoms with Gasteiger partial charge < -0.3 is 15.8 Å². The van der Waals surface area contributed by atoms with Crippen LogP contribution in [0.5, 0.6) is 5.75 Å². The highest BCUT2D eigenvalue weighted by molar-refractivity contribution is 6.05. The van der Waals surface area contributed by atoms with Crippen molar-refractivity contribution in [2.24, 2.45) is 5.73 Å². The number of benzene rings is 1. The largest absolute Gasteiger partial charge is 0.490 e. The second-order valence-corrected chi connectivity index (χ2v) is 3.94. The molecule has 0 bridgehead atoms. The summed E-state index contributed by atoms with van der Waals surface area (Å²) in [7, 11) is 0. The molecule has 0 aliphatic carbocycles. The maximum atomic E-state index is 13.5. The number of para-hydroxylation sites is 2. The van der Waals surface area contributed by atoms with Crippen LogP contribution < -0.4 is 15.8 Å². The zero-order valence-corrected chi connectivity index (χ0v) is 10.7. The first kappa shape index (κ1) is 14.0. The average molecular weight is 275 g/mol. The first-order chi connectivity index (χ1) is 9.72. The fourth-order valence-corrected chi connectivity index (χ4v) is 1.61. The topological polar surface area (TPSA) is 77.2 Å². The van der Waals surface area contributed by atoms with Crippen molar-refractivity contribution in [2.45, 2.75) is 0 Å². The molecular weight excluding hydrogens is 261 g/mol. The molecule has 1 amide bonds. The highest BCUT2D eigenvalue weighted by atomic mass is 19.1. The number of carbonyl (C=O) groups excluding carboxylic acids is 1. The molecule has 0 aliphatic heterocycles. The Kier molecular flexibility index (Phi) is 4.62. The van der Waals surface area contributed by atoms with Crippen molar-refractivity contribution in [3.63, 3.8) is 0 Å². The van der Waals surface area contributed by atoms with Gasteiger partial charge in [0.15, 0.2) is 5.82 Å². The van der Waals surface area contributed by atoms with Gasteiger partial charge >= 0.3 is 0 Å². The predicted molar refractivity (Wildman–Crippen MR) is 73.1 cm³/mol. The maximum Gasteiger partial charge on any atom is 0.258 e. The predicted octanol–water partition coefficient (Wildman–Crippen LogP) is 1.81. The van der Waals surface area contributed by atoms with Crippen LogP contribution >= 0.6 is 0 Å². The van der Waals surface area contributed by atoms with Crippen molar-refractivity contribution in [3.8, 4) is 5.75 Å². The monoisotopic (exact) mass is 275 g/mol. The number of nitrogens with one attached hydrogen (secondary N) is 1. The van der Waals surface area contributed by atoms with E-state index >= 15 is 0 Å². The van der Waals surface area contributed by atoms with Gasteiger partial charge in [-0.1, -0.05) is 12.1 Å². The summed E-state index contributed by atoms with van der Waals surface area (Å²) in [4.78, 5) is 15.6. The van der Waals surface area contributed by atoms with E-state index in [1.54, 1.807) is 24.3 Å². The molecule has 2 aromatic rings. The van der Waals surface area contributed by atoms with Crippen molar-refractivity contribution in [2.75, 3.05) is 18.5 Å². The molecular formula is C14H14FN3O2. The summed E-state index contributed by atoms with van der Waals surface area (Å²) >= 11 is 0. The summed E-state index contributed by atoms with van der Waals surface area (Å²) < 4.78 is 18.9. The average Bonchev–Trinajstić information content (AvgIpc) is 2.46. The summed E-state index contributed by atoms with van der Waals surface area (Å²) in [6.07, 6.45) is 2.35. The van der Waals surface area contributed by atoms with Crippen molar-refractivity contribution in [1.82, 2.24) is 4.98 Å². The van der Waals surface area contributed by atoms with E-state index in [4.69, 9.17) is 10.5 Å². The summed E-state index contributed by atoms with van der Waals surface area (Å²) in [5, 5.41) is 2.60. The van der Waals surface area contributed by atoms with Crippen LogP contribution in [0, 0.1) is 5.82 Å². The van der Waals surface area contributed by atoms with Gasteiger partial charge in [-0.25, -0.2) is 4.39 Å². The van der Waals surface area contributed by atoms with E-state index < -0.39 is 11.7 Å². The summed E-state index contributed by atoms with van der Waals surface area (Å²) in [5.41, 5.74) is 5.75. The smallest absolute Gasteiger partial charge is 0.258 e. The zero-order chi connectivity index (χ0) is 14.4. The molecule has 0 unspecified atom stereocenters. The molecule has 3 N–H and O–H groups in total. The lowest BCUT2D eigenvalue weighted by atomic mass is 10.2. The van der Waals surface area contributed by atoms with Crippen LogP contribution in [0.1, 0.15) is 10.4 Å². The van der Waals surface area contributed by atoms with Gasteiger partial charge in [0, 0.05) is 12.7 Å². The molecule has 0 fully saturated rings. The van der Waals surface area contributed by atoms with Gasteiger partial charge in [0.2, 0.25) is 0 Å². The van der Waals surface area contributed by atoms with Crippen LogP contribution in [-0.2, 0) is 0 Å². The van der Waals surface area contributed by atoms with Gasteiger partial charge in [0.25, 0.3) is 5.91 Å². The van der Waals surface area contributed by atoms with E-state index in [2.05, 4.69) is 10.3 Å². The molecule has 0 radical (unpaired) electrons. The van der Waals surface area contributed by atoms with Crippen LogP contribution in [0.3, 0.4) is 0 Å². The molecule has 1 heterocycles. The van der Waals surface area contributed by atoms with E-state index in [-0.39, 0.29) is 5.56 Å². The minimum atomic E-state index is -0.676. The van der Waals surface area contributed by atoms with Crippen LogP contribution in [0.4, 0.5) is 10.1 Å². The molecule has 6 heteroatoms. The Morgan fingerprint density at radius 2 is 2.15 bits per heavy atom. The molecule has 1 aromatic carbocycles. The third-order valence-corrected chi connectivity index (χ3v) is 2.53. The number of anilines is 1. The van der Waals surface area contributed by atoms with Gasteiger partial charge in [-0.05, 0) is 18.2 Å². The number of hydrogen-bond acceptors (Lipinski definition) is 4. The Bertz CT molecular complexity index is 604. The molecule has 104 valence electrons. The molecule has 2 rings (SSSR count). The minimum Gasteiger partial charge on any atom is -0.490 e. The van der Waals surface area contributed by atoms with Crippen LogP contribution in [0.2, 0.25) is 0 Å². The SMILES string of the molecule is NCCOc1ccccc1NC(=O)c1ccncc1F. The highest BCUT2D eigenvalue weighted by Gasteiger charge is 2.13. The third-order valence-electron chi connectivity index (χ3n) is 2.53. The number of pyridine rings is 1. The Morgan fingerprint density at radius 3 is 2.90 bits per heavy atom. The number of amides is 1. The Hall–Kier alpha value is -2.47. The van der Waals surface area contributed by atoms with E-state index in [9.17, 15) is 9.18 Å². The fraction of sp³-hybridized carbons (Fsp3) is 0.143. The maximum absolute atomic E-state index is 13.5. The molecule has 0 spiro atoms. The Labute approximate surface area is 115 Å². The van der Waals surface area contributed by atoms with Crippen LogP contribution in [-0.4, -0.2) is 24.0 Å². The van der Waals surface area contributed by atoms with E-state index in [0.717, 1.165) is 6.20 Å². The van der Waals surface area contributed by atoms with E-state index in [1.807, 2.05) is 0 Å². The molecule has 0 aliphatic rings. The highest BCUT2D eigenvalue weighted by Crippen LogP contribution is 2.24. The van der Waals surface area contributed by atoms with Crippen molar-refractivity contribution < 1.29 is 13.9 Å². The van der Waals surface area contributed by atoms with Crippen molar-refractivity contribution in [1.29, 1.82) is 0 Å². The summed E-state index contributed by atoms with van der Waals surface area (Å²) in [5.74, 6) is -0.750.